The quantitative estimate of drug-likeness (QED) is 0.659. The number of hydrogen-bond donors (Lipinski definition) is 1. The number of hydrogen-bond acceptors (Lipinski definition) is 6. The van der Waals surface area contributed by atoms with Crippen LogP contribution in [0.5, 0.6) is 11.5 Å². The number of pyridine rings is 1. The van der Waals surface area contributed by atoms with E-state index in [0.29, 0.717) is 12.4 Å². The van der Waals surface area contributed by atoms with Gasteiger partial charge in [-0.15, -0.1) is 10.2 Å². The molecule has 0 aliphatic carbocycles. The minimum atomic E-state index is -4.63. The Morgan fingerprint density at radius 1 is 1.14 bits per heavy atom. The number of rotatable bonds is 4. The molecule has 0 unspecified atom stereocenters. The molecule has 13 heteroatoms. The van der Waals surface area contributed by atoms with E-state index in [4.69, 9.17) is 21.1 Å². The molecule has 0 fully saturated rings. The first-order valence-corrected chi connectivity index (χ1v) is 10.0. The van der Waals surface area contributed by atoms with E-state index in [9.17, 15) is 21.6 Å². The monoisotopic (exact) mass is 448 g/mol. The van der Waals surface area contributed by atoms with Gasteiger partial charge in [0.1, 0.15) is 13.2 Å². The highest BCUT2D eigenvalue weighted by Crippen LogP contribution is 2.33. The van der Waals surface area contributed by atoms with Gasteiger partial charge in [-0.2, -0.15) is 13.2 Å². The van der Waals surface area contributed by atoms with Crippen LogP contribution >= 0.6 is 11.6 Å². The summed E-state index contributed by atoms with van der Waals surface area (Å²) in [7, 11) is -4.01. The van der Waals surface area contributed by atoms with Gasteiger partial charge >= 0.3 is 6.18 Å². The number of aromatic nitrogens is 3. The zero-order chi connectivity index (χ0) is 20.8. The summed E-state index contributed by atoms with van der Waals surface area (Å²) in [4.78, 5) is -0.0930. The van der Waals surface area contributed by atoms with Crippen molar-refractivity contribution in [2.75, 3.05) is 13.2 Å². The van der Waals surface area contributed by atoms with E-state index in [0.717, 1.165) is 16.7 Å². The van der Waals surface area contributed by atoms with Crippen LogP contribution in [-0.2, 0) is 22.7 Å². The van der Waals surface area contributed by atoms with Crippen LogP contribution in [0.15, 0.2) is 35.4 Å². The van der Waals surface area contributed by atoms with Crippen molar-refractivity contribution in [1.29, 1.82) is 0 Å². The van der Waals surface area contributed by atoms with Crippen molar-refractivity contribution in [2.24, 2.45) is 0 Å². The first kappa shape index (κ1) is 19.7. The van der Waals surface area contributed by atoms with E-state index in [1.54, 1.807) is 0 Å². The summed E-state index contributed by atoms with van der Waals surface area (Å²) in [6, 6.07) is 4.83. The maximum atomic E-state index is 13.0. The molecule has 0 atom stereocenters. The van der Waals surface area contributed by atoms with Crippen LogP contribution < -0.4 is 14.2 Å². The van der Waals surface area contributed by atoms with Gasteiger partial charge in [-0.1, -0.05) is 11.6 Å². The molecule has 3 heterocycles. The molecule has 2 aromatic heterocycles. The molecule has 0 bridgehead atoms. The molecule has 29 heavy (non-hydrogen) atoms. The van der Waals surface area contributed by atoms with Crippen molar-refractivity contribution in [2.45, 2.75) is 17.6 Å². The van der Waals surface area contributed by atoms with Crippen LogP contribution in [0.2, 0.25) is 5.02 Å². The second-order valence-electron chi connectivity index (χ2n) is 6.01. The predicted molar refractivity (Wildman–Crippen MR) is 94.5 cm³/mol. The topological polar surface area (TPSA) is 94.8 Å². The van der Waals surface area contributed by atoms with E-state index in [-0.39, 0.29) is 33.7 Å². The number of benzene rings is 1. The predicted octanol–water partition coefficient (Wildman–Crippen LogP) is 2.65. The summed E-state index contributed by atoms with van der Waals surface area (Å²) in [5.41, 5.74) is -1.03. The lowest BCUT2D eigenvalue weighted by molar-refractivity contribution is -0.137. The number of ether oxygens (including phenoxy) is 2. The molecule has 0 amide bonds. The van der Waals surface area contributed by atoms with Gasteiger partial charge in [0.15, 0.2) is 23.0 Å². The van der Waals surface area contributed by atoms with Crippen LogP contribution in [0, 0.1) is 0 Å². The average molecular weight is 449 g/mol. The van der Waals surface area contributed by atoms with Crippen LogP contribution in [-0.4, -0.2) is 36.2 Å². The van der Waals surface area contributed by atoms with E-state index in [1.165, 1.54) is 18.2 Å². The van der Waals surface area contributed by atoms with E-state index >= 15 is 0 Å². The van der Waals surface area contributed by atoms with Gasteiger partial charge in [0.25, 0.3) is 0 Å². The Balaban J connectivity index is 1.61. The molecule has 0 saturated heterocycles. The number of sulfonamides is 1. The maximum absolute atomic E-state index is 13.0. The third-order valence-corrected chi connectivity index (χ3v) is 5.78. The van der Waals surface area contributed by atoms with Crippen LogP contribution in [0.3, 0.4) is 0 Å². The minimum absolute atomic E-state index is 0.0202. The Morgan fingerprint density at radius 3 is 2.59 bits per heavy atom. The summed E-state index contributed by atoms with van der Waals surface area (Å²) >= 11 is 5.85. The van der Waals surface area contributed by atoms with Gasteiger partial charge in [0.05, 0.1) is 22.0 Å². The fourth-order valence-electron chi connectivity index (χ4n) is 2.71. The number of nitrogens with one attached hydrogen (secondary N) is 1. The highest BCUT2D eigenvalue weighted by Gasteiger charge is 2.32. The Bertz CT molecular complexity index is 1200. The molecule has 0 radical (unpaired) electrons. The molecule has 1 aromatic carbocycles. The summed E-state index contributed by atoms with van der Waals surface area (Å²) in [6.07, 6.45) is -3.88. The second-order valence-corrected chi connectivity index (χ2v) is 8.19. The fourth-order valence-corrected chi connectivity index (χ4v) is 3.95. The van der Waals surface area contributed by atoms with Gasteiger partial charge < -0.3 is 9.47 Å². The van der Waals surface area contributed by atoms with Crippen molar-refractivity contribution < 1.29 is 31.1 Å². The molecule has 154 valence electrons. The molecule has 1 N–H and O–H groups in total. The smallest absolute Gasteiger partial charge is 0.417 e. The highest BCUT2D eigenvalue weighted by molar-refractivity contribution is 7.89. The lowest BCUT2D eigenvalue weighted by atomic mass is 10.3. The third-order valence-electron chi connectivity index (χ3n) is 4.10. The van der Waals surface area contributed by atoms with Crippen molar-refractivity contribution in [3.8, 4) is 11.5 Å². The highest BCUT2D eigenvalue weighted by atomic mass is 35.5. The van der Waals surface area contributed by atoms with E-state index in [2.05, 4.69) is 14.9 Å². The zero-order valence-electron chi connectivity index (χ0n) is 14.4. The Hall–Kier alpha value is -2.57. The summed E-state index contributed by atoms with van der Waals surface area (Å²) < 4.78 is 78.2. The number of halogens is 4. The van der Waals surface area contributed by atoms with Gasteiger partial charge in [0.2, 0.25) is 10.0 Å². The van der Waals surface area contributed by atoms with Gasteiger partial charge in [0, 0.05) is 12.3 Å². The summed E-state index contributed by atoms with van der Waals surface area (Å²) in [6.45, 7) is 0.243. The largest absolute Gasteiger partial charge is 0.486 e. The lowest BCUT2D eigenvalue weighted by Crippen LogP contribution is -2.25. The average Bonchev–Trinajstić information content (AvgIpc) is 3.09. The van der Waals surface area contributed by atoms with Crippen molar-refractivity contribution in [1.82, 2.24) is 19.3 Å². The zero-order valence-corrected chi connectivity index (χ0v) is 16.0. The Labute approximate surface area is 167 Å². The van der Waals surface area contributed by atoms with Crippen molar-refractivity contribution >= 4 is 27.3 Å². The number of nitrogens with zero attached hydrogens (tertiary/aromatic N) is 3. The molecule has 1 aliphatic heterocycles. The molecular weight excluding hydrogens is 437 g/mol. The molecule has 4 rings (SSSR count). The van der Waals surface area contributed by atoms with E-state index < -0.39 is 28.3 Å². The molecule has 0 spiro atoms. The Morgan fingerprint density at radius 2 is 1.86 bits per heavy atom. The van der Waals surface area contributed by atoms with Crippen molar-refractivity contribution in [3.05, 3.63) is 46.9 Å². The molecular formula is C16H12ClF3N4O4S. The van der Waals surface area contributed by atoms with Gasteiger partial charge in [-0.25, -0.2) is 13.1 Å². The molecule has 3 aromatic rings. The van der Waals surface area contributed by atoms with Gasteiger partial charge in [-0.3, -0.25) is 4.40 Å². The lowest BCUT2D eigenvalue weighted by Gasteiger charge is -2.18. The second kappa shape index (κ2) is 7.04. The van der Waals surface area contributed by atoms with Crippen LogP contribution in [0.4, 0.5) is 13.2 Å². The minimum Gasteiger partial charge on any atom is -0.486 e. The number of alkyl halides is 3. The molecule has 1 aliphatic rings. The normalized spacial score (nSPS) is 14.3. The van der Waals surface area contributed by atoms with Crippen LogP contribution in [0.25, 0.3) is 5.65 Å². The standard InChI is InChI=1S/C16H12ClF3N4O4S/c17-11-5-9(16(18,19)20)8-24-14(22-23-15(11)24)7-21-29(25,26)10-1-2-12-13(6-10)28-4-3-27-12/h1-2,5-6,8,21H,3-4,7H2. The molecule has 8 nitrogen and oxygen atoms in total. The third kappa shape index (κ3) is 3.82. The first-order chi connectivity index (χ1) is 13.6. The summed E-state index contributed by atoms with van der Waals surface area (Å²) in [5, 5.41) is 7.19. The van der Waals surface area contributed by atoms with Crippen LogP contribution in [0.1, 0.15) is 11.4 Å². The number of fused-ring (bicyclic) bond motifs is 2. The summed E-state index contributed by atoms with van der Waals surface area (Å²) in [5.74, 6) is 0.649. The maximum Gasteiger partial charge on any atom is 0.417 e. The van der Waals surface area contributed by atoms with E-state index in [1.807, 2.05) is 0 Å². The SMILES string of the molecule is O=S(=O)(NCc1nnc2c(Cl)cc(C(F)(F)F)cn12)c1ccc2c(c1)OCCO2. The van der Waals surface area contributed by atoms with Gasteiger partial charge in [-0.05, 0) is 18.2 Å². The fraction of sp³-hybridized carbons (Fsp3) is 0.250. The first-order valence-electron chi connectivity index (χ1n) is 8.15. The Kier molecular flexibility index (Phi) is 4.79. The van der Waals surface area contributed by atoms with Crippen molar-refractivity contribution in [3.63, 3.8) is 0 Å². The molecule has 0 saturated carbocycles.